The maximum Gasteiger partial charge on any atom is 0.239 e. The molecule has 4 aliphatic rings. The number of rotatable bonds is 1. The molecule has 0 saturated carbocycles. The molecule has 1 aliphatic heterocycles. The number of benzene rings is 3. The van der Waals surface area contributed by atoms with Gasteiger partial charge in [0.25, 0.3) is 0 Å². The fourth-order valence-electron chi connectivity index (χ4n) is 5.67. The molecule has 0 spiro atoms. The van der Waals surface area contributed by atoms with E-state index in [1.165, 1.54) is 4.90 Å². The number of halogens is 2. The zero-order chi connectivity index (χ0) is 21.5. The Kier molecular flexibility index (Phi) is 3.77. The summed E-state index contributed by atoms with van der Waals surface area (Å²) in [5.41, 5.74) is 4.60. The average Bonchev–Trinajstić information content (AvgIpc) is 3.08. The Morgan fingerprint density at radius 1 is 0.710 bits per heavy atom. The highest BCUT2D eigenvalue weighted by Crippen LogP contribution is 2.70. The van der Waals surface area contributed by atoms with Gasteiger partial charge >= 0.3 is 0 Å². The summed E-state index contributed by atoms with van der Waals surface area (Å²) in [5.74, 6) is -1.86. The van der Waals surface area contributed by atoms with E-state index in [0.29, 0.717) is 11.3 Å². The van der Waals surface area contributed by atoms with Crippen molar-refractivity contribution < 1.29 is 9.59 Å². The Balaban J connectivity index is 1.68. The SMILES string of the molecule is N#Cc1ccccc1N1C(=O)[C@H]2[C@H](C1=O)C1(Br)c3ccccc3C2(Br)c2ccccc21. The van der Waals surface area contributed by atoms with Gasteiger partial charge in [-0.25, -0.2) is 4.90 Å². The molecule has 0 radical (unpaired) electrons. The quantitative estimate of drug-likeness (QED) is 0.328. The Bertz CT molecular complexity index is 1240. The van der Waals surface area contributed by atoms with Crippen LogP contribution in [0.1, 0.15) is 27.8 Å². The fourth-order valence-corrected chi connectivity index (χ4v) is 7.97. The highest BCUT2D eigenvalue weighted by molar-refractivity contribution is 9.10. The van der Waals surface area contributed by atoms with Gasteiger partial charge in [0, 0.05) is 0 Å². The molecule has 3 aliphatic carbocycles. The van der Waals surface area contributed by atoms with Gasteiger partial charge in [-0.2, -0.15) is 5.26 Å². The van der Waals surface area contributed by atoms with E-state index in [1.54, 1.807) is 24.3 Å². The van der Waals surface area contributed by atoms with E-state index in [1.807, 2.05) is 48.5 Å². The van der Waals surface area contributed by atoms with Gasteiger partial charge in [-0.05, 0) is 34.4 Å². The number of carbonyl (C=O) groups is 2. The first-order valence-corrected chi connectivity index (χ1v) is 11.5. The molecule has 2 amide bonds. The fraction of sp³-hybridized carbons (Fsp3) is 0.160. The Labute approximate surface area is 195 Å². The zero-order valence-corrected chi connectivity index (χ0v) is 19.2. The van der Waals surface area contributed by atoms with Crippen molar-refractivity contribution in [3.05, 3.63) is 101 Å². The van der Waals surface area contributed by atoms with E-state index in [2.05, 4.69) is 37.9 Å². The minimum Gasteiger partial charge on any atom is -0.274 e. The van der Waals surface area contributed by atoms with Crippen LogP contribution in [0.3, 0.4) is 0 Å². The minimum absolute atomic E-state index is 0.289. The number of nitrogens with zero attached hydrogens (tertiary/aromatic N) is 2. The number of imide groups is 1. The molecule has 6 heteroatoms. The first-order valence-electron chi connectivity index (χ1n) is 9.90. The van der Waals surface area contributed by atoms with Gasteiger partial charge in [0.05, 0.1) is 31.7 Å². The maximum absolute atomic E-state index is 13.9. The largest absolute Gasteiger partial charge is 0.274 e. The van der Waals surface area contributed by atoms with Crippen LogP contribution in [0, 0.1) is 23.2 Å². The molecular formula is C25H14Br2N2O2. The molecule has 1 fully saturated rings. The van der Waals surface area contributed by atoms with E-state index in [4.69, 9.17) is 0 Å². The van der Waals surface area contributed by atoms with Crippen molar-refractivity contribution in [1.29, 1.82) is 5.26 Å². The Morgan fingerprint density at radius 2 is 1.10 bits per heavy atom. The molecule has 0 unspecified atom stereocenters. The third-order valence-electron chi connectivity index (χ3n) is 6.85. The van der Waals surface area contributed by atoms with Crippen molar-refractivity contribution in [1.82, 2.24) is 0 Å². The minimum atomic E-state index is -0.830. The second-order valence-electron chi connectivity index (χ2n) is 8.11. The molecule has 4 nitrogen and oxygen atoms in total. The molecule has 2 bridgehead atoms. The van der Waals surface area contributed by atoms with Gasteiger partial charge in [0.15, 0.2) is 0 Å². The van der Waals surface area contributed by atoms with Gasteiger partial charge in [-0.3, -0.25) is 9.59 Å². The van der Waals surface area contributed by atoms with Crippen molar-refractivity contribution >= 4 is 49.4 Å². The smallest absolute Gasteiger partial charge is 0.239 e. The summed E-state index contributed by atoms with van der Waals surface area (Å²) in [6, 6.07) is 24.8. The second-order valence-corrected chi connectivity index (χ2v) is 10.6. The third kappa shape index (κ3) is 2.04. The molecular weight excluding hydrogens is 520 g/mol. The summed E-state index contributed by atoms with van der Waals surface area (Å²) < 4.78 is -1.66. The summed E-state index contributed by atoms with van der Waals surface area (Å²) in [7, 11) is 0. The van der Waals surface area contributed by atoms with Gasteiger partial charge in [-0.15, -0.1) is 0 Å². The molecule has 2 atom stereocenters. The van der Waals surface area contributed by atoms with Crippen molar-refractivity contribution in [2.24, 2.45) is 11.8 Å². The molecule has 7 rings (SSSR count). The summed E-state index contributed by atoms with van der Waals surface area (Å²) in [5, 5.41) is 9.59. The lowest BCUT2D eigenvalue weighted by Crippen LogP contribution is -2.56. The lowest BCUT2D eigenvalue weighted by molar-refractivity contribution is -0.122. The average molecular weight is 534 g/mol. The molecule has 3 aromatic rings. The van der Waals surface area contributed by atoms with E-state index >= 15 is 0 Å². The predicted octanol–water partition coefficient (Wildman–Crippen LogP) is 4.97. The molecule has 3 aromatic carbocycles. The number of hydrogen-bond donors (Lipinski definition) is 0. The first kappa shape index (κ1) is 19.0. The van der Waals surface area contributed by atoms with Crippen LogP contribution in [0.4, 0.5) is 5.69 Å². The number of para-hydroxylation sites is 1. The van der Waals surface area contributed by atoms with E-state index in [0.717, 1.165) is 22.3 Å². The molecule has 0 aromatic heterocycles. The summed E-state index contributed by atoms with van der Waals surface area (Å²) in [4.78, 5) is 29.1. The molecule has 1 heterocycles. The van der Waals surface area contributed by atoms with Crippen LogP contribution in [-0.2, 0) is 18.2 Å². The molecule has 31 heavy (non-hydrogen) atoms. The molecule has 150 valence electrons. The number of carbonyl (C=O) groups excluding carboxylic acids is 2. The molecule has 0 N–H and O–H groups in total. The monoisotopic (exact) mass is 532 g/mol. The summed E-state index contributed by atoms with van der Waals surface area (Å²) in [6.45, 7) is 0. The lowest BCUT2D eigenvalue weighted by Gasteiger charge is -2.55. The Morgan fingerprint density at radius 3 is 1.52 bits per heavy atom. The van der Waals surface area contributed by atoms with Crippen molar-refractivity contribution in [3.63, 3.8) is 0 Å². The van der Waals surface area contributed by atoms with Crippen molar-refractivity contribution in [3.8, 4) is 6.07 Å². The number of hydrogen-bond acceptors (Lipinski definition) is 3. The topological polar surface area (TPSA) is 61.2 Å². The third-order valence-corrected chi connectivity index (χ3v) is 9.55. The van der Waals surface area contributed by atoms with Crippen LogP contribution in [0.25, 0.3) is 0 Å². The van der Waals surface area contributed by atoms with Gasteiger partial charge in [0.1, 0.15) is 6.07 Å². The number of amides is 2. The highest BCUT2D eigenvalue weighted by atomic mass is 79.9. The van der Waals surface area contributed by atoms with Gasteiger partial charge < -0.3 is 0 Å². The highest BCUT2D eigenvalue weighted by Gasteiger charge is 2.72. The van der Waals surface area contributed by atoms with Crippen LogP contribution in [0.5, 0.6) is 0 Å². The summed E-state index contributed by atoms with van der Waals surface area (Å²) in [6.07, 6.45) is 0. The second kappa shape index (κ2) is 6.15. The zero-order valence-electron chi connectivity index (χ0n) is 16.0. The van der Waals surface area contributed by atoms with E-state index < -0.39 is 20.5 Å². The van der Waals surface area contributed by atoms with Crippen LogP contribution < -0.4 is 4.90 Å². The summed E-state index contributed by atoms with van der Waals surface area (Å²) >= 11 is 7.96. The lowest BCUT2D eigenvalue weighted by atomic mass is 9.54. The molecule has 1 saturated heterocycles. The van der Waals surface area contributed by atoms with Crippen LogP contribution >= 0.6 is 31.9 Å². The normalized spacial score (nSPS) is 29.9. The van der Waals surface area contributed by atoms with Crippen molar-refractivity contribution in [2.45, 2.75) is 8.65 Å². The van der Waals surface area contributed by atoms with Crippen LogP contribution in [0.15, 0.2) is 72.8 Å². The predicted molar refractivity (Wildman–Crippen MR) is 123 cm³/mol. The standard InChI is InChI=1S/C25H14Br2N2O2/c26-24-15-8-2-3-9-16(15)25(27,18-11-5-4-10-17(18)24)21-20(24)22(30)29(23(21)31)19-12-6-1-7-14(19)13-28/h1-12,20-21H/t20-,21-,24?,25?/m1/s1. The number of anilines is 1. The first-order chi connectivity index (χ1) is 15.0. The van der Waals surface area contributed by atoms with Crippen LogP contribution in [0.2, 0.25) is 0 Å². The van der Waals surface area contributed by atoms with Crippen molar-refractivity contribution in [2.75, 3.05) is 4.90 Å². The van der Waals surface area contributed by atoms with E-state index in [9.17, 15) is 14.9 Å². The number of nitriles is 1. The Hall–Kier alpha value is -2.75. The van der Waals surface area contributed by atoms with Gasteiger partial charge in [-0.1, -0.05) is 92.5 Å². The maximum atomic E-state index is 13.9. The van der Waals surface area contributed by atoms with E-state index in [-0.39, 0.29) is 11.8 Å². The van der Waals surface area contributed by atoms with Crippen LogP contribution in [-0.4, -0.2) is 11.8 Å². The number of alkyl halides is 2. The van der Waals surface area contributed by atoms with Gasteiger partial charge in [0.2, 0.25) is 11.8 Å².